The molecule has 0 aromatic heterocycles. The van der Waals surface area contributed by atoms with Crippen molar-refractivity contribution in [1.82, 2.24) is 0 Å². The summed E-state index contributed by atoms with van der Waals surface area (Å²) in [5, 5.41) is 3.60. The fraction of sp³-hybridized carbons (Fsp3) is 0.429. The van der Waals surface area contributed by atoms with Crippen LogP contribution in [-0.4, -0.2) is 18.1 Å². The molecule has 2 aromatic carbocycles. The standard InChI is InChI=1S/C21H29N3S/c1-4-14-24(15-5-2)19-13-9-12-18-20(19)25-21(22,23-18)16(3)17-10-7-6-8-11-17/h6-13,16,23H,4-5,14-15,22H2,1-3H3. The van der Waals surface area contributed by atoms with E-state index < -0.39 is 4.99 Å². The summed E-state index contributed by atoms with van der Waals surface area (Å²) in [6, 6.07) is 17.0. The Hall–Kier alpha value is -1.65. The summed E-state index contributed by atoms with van der Waals surface area (Å²) < 4.78 is 0. The summed E-state index contributed by atoms with van der Waals surface area (Å²) >= 11 is 1.77. The Labute approximate surface area is 156 Å². The number of thioether (sulfide) groups is 1. The van der Waals surface area contributed by atoms with Gasteiger partial charge in [0.1, 0.15) is 4.99 Å². The quantitative estimate of drug-likeness (QED) is 0.712. The van der Waals surface area contributed by atoms with Crippen LogP contribution in [0.3, 0.4) is 0 Å². The van der Waals surface area contributed by atoms with Gasteiger partial charge in [-0.2, -0.15) is 0 Å². The number of nitrogens with zero attached hydrogens (tertiary/aromatic N) is 1. The maximum Gasteiger partial charge on any atom is 0.145 e. The second kappa shape index (κ2) is 7.71. The molecule has 3 rings (SSSR count). The van der Waals surface area contributed by atoms with E-state index in [9.17, 15) is 0 Å². The molecule has 0 saturated carbocycles. The first kappa shape index (κ1) is 18.2. The van der Waals surface area contributed by atoms with Gasteiger partial charge in [0.25, 0.3) is 0 Å². The fourth-order valence-corrected chi connectivity index (χ4v) is 4.81. The summed E-state index contributed by atoms with van der Waals surface area (Å²) in [6.07, 6.45) is 2.30. The van der Waals surface area contributed by atoms with Gasteiger partial charge in [0, 0.05) is 19.0 Å². The molecule has 0 aliphatic carbocycles. The average molecular weight is 356 g/mol. The van der Waals surface area contributed by atoms with Gasteiger partial charge >= 0.3 is 0 Å². The number of hydrogen-bond acceptors (Lipinski definition) is 4. The highest BCUT2D eigenvalue weighted by Gasteiger charge is 2.41. The Balaban J connectivity index is 1.90. The molecule has 25 heavy (non-hydrogen) atoms. The Morgan fingerprint density at radius 3 is 2.36 bits per heavy atom. The largest absolute Gasteiger partial charge is 0.371 e. The molecule has 2 atom stereocenters. The van der Waals surface area contributed by atoms with Crippen LogP contribution in [0.25, 0.3) is 0 Å². The second-order valence-electron chi connectivity index (χ2n) is 6.79. The molecule has 0 spiro atoms. The smallest absolute Gasteiger partial charge is 0.145 e. The highest BCUT2D eigenvalue weighted by Crippen LogP contribution is 2.52. The van der Waals surface area contributed by atoms with Crippen LogP contribution in [0.5, 0.6) is 0 Å². The molecule has 0 radical (unpaired) electrons. The second-order valence-corrected chi connectivity index (χ2v) is 8.08. The molecule has 0 fully saturated rings. The number of hydrogen-bond donors (Lipinski definition) is 2. The first-order chi connectivity index (χ1) is 12.1. The Morgan fingerprint density at radius 1 is 1.04 bits per heavy atom. The minimum atomic E-state index is -0.524. The van der Waals surface area contributed by atoms with E-state index in [0.717, 1.165) is 31.6 Å². The van der Waals surface area contributed by atoms with Gasteiger partial charge in [-0.3, -0.25) is 5.73 Å². The molecule has 0 saturated heterocycles. The van der Waals surface area contributed by atoms with Crippen molar-refractivity contribution in [2.24, 2.45) is 5.73 Å². The minimum absolute atomic E-state index is 0.199. The first-order valence-electron chi connectivity index (χ1n) is 9.28. The summed E-state index contributed by atoms with van der Waals surface area (Å²) in [5.41, 5.74) is 10.6. The normalized spacial score (nSPS) is 20.0. The van der Waals surface area contributed by atoms with Crippen molar-refractivity contribution in [3.63, 3.8) is 0 Å². The molecule has 1 heterocycles. The van der Waals surface area contributed by atoms with Gasteiger partial charge in [-0.25, -0.2) is 0 Å². The predicted molar refractivity (Wildman–Crippen MR) is 110 cm³/mol. The monoisotopic (exact) mass is 355 g/mol. The van der Waals surface area contributed by atoms with Gasteiger partial charge in [0.2, 0.25) is 0 Å². The van der Waals surface area contributed by atoms with Crippen LogP contribution < -0.4 is 16.0 Å². The third-order valence-corrected chi connectivity index (χ3v) is 6.29. The van der Waals surface area contributed by atoms with Gasteiger partial charge in [-0.1, -0.05) is 68.9 Å². The van der Waals surface area contributed by atoms with Gasteiger partial charge in [0.05, 0.1) is 16.3 Å². The van der Waals surface area contributed by atoms with Crippen LogP contribution in [0, 0.1) is 0 Å². The zero-order chi connectivity index (χ0) is 17.9. The Kier molecular flexibility index (Phi) is 5.60. The van der Waals surface area contributed by atoms with Crippen molar-refractivity contribution in [2.45, 2.75) is 49.4 Å². The zero-order valence-electron chi connectivity index (χ0n) is 15.5. The summed E-state index contributed by atoms with van der Waals surface area (Å²) in [5.74, 6) is 0.199. The van der Waals surface area contributed by atoms with Crippen molar-refractivity contribution >= 4 is 23.1 Å². The van der Waals surface area contributed by atoms with Gasteiger partial charge in [-0.05, 0) is 30.5 Å². The molecule has 2 unspecified atom stereocenters. The van der Waals surface area contributed by atoms with E-state index in [1.807, 2.05) is 0 Å². The lowest BCUT2D eigenvalue weighted by atomic mass is 9.98. The van der Waals surface area contributed by atoms with E-state index in [1.165, 1.54) is 16.1 Å². The molecule has 1 aliphatic heterocycles. The molecule has 2 aromatic rings. The fourth-order valence-electron chi connectivity index (χ4n) is 3.46. The Morgan fingerprint density at radius 2 is 1.72 bits per heavy atom. The molecule has 0 bridgehead atoms. The highest BCUT2D eigenvalue weighted by atomic mass is 32.2. The van der Waals surface area contributed by atoms with Gasteiger partial charge in [-0.15, -0.1) is 0 Å². The number of nitrogens with one attached hydrogen (secondary N) is 1. The number of anilines is 2. The van der Waals surface area contributed by atoms with Crippen LogP contribution in [0.15, 0.2) is 53.4 Å². The third kappa shape index (κ3) is 3.65. The zero-order valence-corrected chi connectivity index (χ0v) is 16.3. The average Bonchev–Trinajstić information content (AvgIpc) is 2.99. The van der Waals surface area contributed by atoms with Crippen molar-refractivity contribution in [2.75, 3.05) is 23.3 Å². The van der Waals surface area contributed by atoms with Crippen LogP contribution >= 0.6 is 11.8 Å². The lowest BCUT2D eigenvalue weighted by molar-refractivity contribution is 0.581. The van der Waals surface area contributed by atoms with Crippen molar-refractivity contribution in [3.8, 4) is 0 Å². The van der Waals surface area contributed by atoms with Crippen molar-refractivity contribution in [3.05, 3.63) is 54.1 Å². The first-order valence-corrected chi connectivity index (χ1v) is 10.1. The van der Waals surface area contributed by atoms with Crippen LogP contribution in [0.2, 0.25) is 0 Å². The molecule has 4 heteroatoms. The number of fused-ring (bicyclic) bond motifs is 1. The molecule has 3 N–H and O–H groups in total. The van der Waals surface area contributed by atoms with E-state index in [0.29, 0.717) is 0 Å². The number of rotatable bonds is 7. The van der Waals surface area contributed by atoms with Crippen LogP contribution in [0.4, 0.5) is 11.4 Å². The van der Waals surface area contributed by atoms with Crippen molar-refractivity contribution < 1.29 is 0 Å². The highest BCUT2D eigenvalue weighted by molar-refractivity contribution is 8.01. The van der Waals surface area contributed by atoms with E-state index in [1.54, 1.807) is 11.8 Å². The van der Waals surface area contributed by atoms with E-state index in [-0.39, 0.29) is 5.92 Å². The van der Waals surface area contributed by atoms with E-state index in [2.05, 4.69) is 79.5 Å². The third-order valence-electron chi connectivity index (χ3n) is 4.87. The molecule has 1 aliphatic rings. The Bertz CT molecular complexity index is 698. The number of benzene rings is 2. The molecular weight excluding hydrogens is 326 g/mol. The van der Waals surface area contributed by atoms with Gasteiger partial charge in [0.15, 0.2) is 0 Å². The molecular formula is C21H29N3S. The molecule has 0 amide bonds. The maximum atomic E-state index is 6.84. The summed E-state index contributed by atoms with van der Waals surface area (Å²) in [6.45, 7) is 8.84. The minimum Gasteiger partial charge on any atom is -0.371 e. The molecule has 134 valence electrons. The van der Waals surface area contributed by atoms with E-state index in [4.69, 9.17) is 5.73 Å². The molecule has 3 nitrogen and oxygen atoms in total. The topological polar surface area (TPSA) is 41.3 Å². The van der Waals surface area contributed by atoms with E-state index >= 15 is 0 Å². The predicted octanol–water partition coefficient (Wildman–Crippen LogP) is 5.25. The van der Waals surface area contributed by atoms with Crippen LogP contribution in [0.1, 0.15) is 45.1 Å². The lowest BCUT2D eigenvalue weighted by Crippen LogP contribution is -2.46. The summed E-state index contributed by atoms with van der Waals surface area (Å²) in [4.78, 5) is 3.26. The van der Waals surface area contributed by atoms with Crippen molar-refractivity contribution in [1.29, 1.82) is 0 Å². The van der Waals surface area contributed by atoms with Gasteiger partial charge < -0.3 is 10.2 Å². The summed E-state index contributed by atoms with van der Waals surface area (Å²) in [7, 11) is 0. The number of nitrogens with two attached hydrogens (primary N) is 1. The maximum absolute atomic E-state index is 6.84. The van der Waals surface area contributed by atoms with Crippen LogP contribution in [-0.2, 0) is 0 Å². The SMILES string of the molecule is CCCN(CCC)c1cccc2c1SC(N)(C(C)c1ccccc1)N2. The lowest BCUT2D eigenvalue weighted by Gasteiger charge is -2.31.